The van der Waals surface area contributed by atoms with Crippen LogP contribution in [0.1, 0.15) is 29.5 Å². The summed E-state index contributed by atoms with van der Waals surface area (Å²) in [5.41, 5.74) is -5.27. The Labute approximate surface area is 178 Å². The number of carbonyl (C=O) groups excluding carboxylic acids is 1. The molecule has 0 saturated heterocycles. The van der Waals surface area contributed by atoms with E-state index in [0.717, 1.165) is 16.1 Å². The minimum atomic E-state index is -5.93. The van der Waals surface area contributed by atoms with E-state index in [9.17, 15) is 26.4 Å². The third-order valence-corrected chi connectivity index (χ3v) is 7.05. The van der Waals surface area contributed by atoms with Crippen molar-refractivity contribution in [2.45, 2.75) is 30.2 Å². The van der Waals surface area contributed by atoms with Gasteiger partial charge in [-0.05, 0) is 42.7 Å². The number of benzene rings is 2. The van der Waals surface area contributed by atoms with Crippen molar-refractivity contribution in [3.8, 4) is 17.2 Å². The summed E-state index contributed by atoms with van der Waals surface area (Å²) in [7, 11) is -4.49. The molecule has 1 spiro atoms. The van der Waals surface area contributed by atoms with E-state index in [2.05, 4.69) is 20.1 Å². The van der Waals surface area contributed by atoms with Crippen LogP contribution in [0.15, 0.2) is 34.8 Å². The lowest BCUT2D eigenvalue weighted by molar-refractivity contribution is -0.136. The summed E-state index contributed by atoms with van der Waals surface area (Å²) in [6.07, 6.45) is 0.613. The Bertz CT molecular complexity index is 1160. The van der Waals surface area contributed by atoms with Crippen LogP contribution in [0, 0.1) is 0 Å². The van der Waals surface area contributed by atoms with Gasteiger partial charge in [0.2, 0.25) is 0 Å². The highest BCUT2D eigenvalue weighted by Gasteiger charge is 2.53. The second kappa shape index (κ2) is 6.88. The van der Waals surface area contributed by atoms with E-state index in [1.807, 2.05) is 0 Å². The molecule has 1 aliphatic carbocycles. The number of carbonyl (C=O) groups is 1. The fraction of sp³-hybridized carbons (Fsp3) is 0.316. The van der Waals surface area contributed by atoms with E-state index in [1.54, 1.807) is 12.1 Å². The number of fused-ring (bicyclic) bond motifs is 4. The van der Waals surface area contributed by atoms with Gasteiger partial charge in [-0.2, -0.15) is 21.6 Å². The summed E-state index contributed by atoms with van der Waals surface area (Å²) < 4.78 is 78.3. The minimum absolute atomic E-state index is 0.0454. The number of methoxy groups -OCH3 is 1. The van der Waals surface area contributed by atoms with Gasteiger partial charge in [-0.25, -0.2) is 0 Å². The van der Waals surface area contributed by atoms with E-state index in [1.165, 1.54) is 19.2 Å². The van der Waals surface area contributed by atoms with Crippen LogP contribution >= 0.6 is 15.9 Å². The Balaban J connectivity index is 2.00. The van der Waals surface area contributed by atoms with Crippen molar-refractivity contribution in [3.63, 3.8) is 0 Å². The predicted octanol–water partition coefficient (Wildman–Crippen LogP) is 4.23. The van der Waals surface area contributed by atoms with Gasteiger partial charge in [-0.15, -0.1) is 0 Å². The van der Waals surface area contributed by atoms with Gasteiger partial charge >= 0.3 is 21.6 Å². The Morgan fingerprint density at radius 3 is 2.53 bits per heavy atom. The van der Waals surface area contributed by atoms with Gasteiger partial charge < -0.3 is 13.7 Å². The highest BCUT2D eigenvalue weighted by atomic mass is 79.9. The zero-order valence-corrected chi connectivity index (χ0v) is 17.8. The summed E-state index contributed by atoms with van der Waals surface area (Å²) in [5, 5.41) is 0. The number of hydrogen-bond donors (Lipinski definition) is 0. The molecule has 0 amide bonds. The van der Waals surface area contributed by atoms with Gasteiger partial charge in [0.1, 0.15) is 11.5 Å². The van der Waals surface area contributed by atoms with Crippen LogP contribution in [0.2, 0.25) is 0 Å². The normalized spacial score (nSPS) is 20.5. The first-order valence-electron chi connectivity index (χ1n) is 8.71. The third-order valence-electron chi connectivity index (χ3n) is 5.34. The molecule has 1 heterocycles. The lowest BCUT2D eigenvalue weighted by Crippen LogP contribution is -2.37. The molecule has 2 aromatic rings. The molecule has 0 fully saturated rings. The maximum atomic E-state index is 13.0. The summed E-state index contributed by atoms with van der Waals surface area (Å²) in [4.78, 5) is 12.4. The van der Waals surface area contributed by atoms with Crippen molar-refractivity contribution in [1.29, 1.82) is 0 Å². The van der Waals surface area contributed by atoms with E-state index >= 15 is 0 Å². The topological polar surface area (TPSA) is 78.9 Å². The molecule has 0 saturated carbocycles. The van der Waals surface area contributed by atoms with Crippen molar-refractivity contribution in [2.75, 3.05) is 7.11 Å². The molecule has 2 aliphatic rings. The van der Waals surface area contributed by atoms with Crippen LogP contribution < -0.4 is 13.7 Å². The number of ether oxygens (including phenoxy) is 2. The Morgan fingerprint density at radius 2 is 1.87 bits per heavy atom. The molecular formula is C19H14BrF3O6S. The lowest BCUT2D eigenvalue weighted by atomic mass is 9.70. The zero-order chi connectivity index (χ0) is 21.9. The maximum Gasteiger partial charge on any atom is 0.534 e. The summed E-state index contributed by atoms with van der Waals surface area (Å²) in [6.45, 7) is 0. The van der Waals surface area contributed by atoms with Gasteiger partial charge in [-0.3, -0.25) is 4.79 Å². The van der Waals surface area contributed by atoms with E-state index < -0.39 is 32.8 Å². The molecule has 4 rings (SSSR count). The average molecular weight is 507 g/mol. The molecule has 1 unspecified atom stereocenters. The third kappa shape index (κ3) is 3.06. The van der Waals surface area contributed by atoms with Gasteiger partial charge in [0, 0.05) is 15.5 Å². The van der Waals surface area contributed by atoms with Gasteiger partial charge in [0.25, 0.3) is 0 Å². The maximum absolute atomic E-state index is 13.0. The molecule has 1 atom stereocenters. The van der Waals surface area contributed by atoms with E-state index in [0.29, 0.717) is 24.2 Å². The van der Waals surface area contributed by atoms with Crippen molar-refractivity contribution in [2.24, 2.45) is 0 Å². The van der Waals surface area contributed by atoms with Gasteiger partial charge in [0.15, 0.2) is 5.75 Å². The molecule has 2 aromatic carbocycles. The summed E-state index contributed by atoms with van der Waals surface area (Å²) in [6, 6.07) is 7.22. The van der Waals surface area contributed by atoms with Crippen LogP contribution in [-0.4, -0.2) is 27.0 Å². The van der Waals surface area contributed by atoms with Gasteiger partial charge in [0.05, 0.1) is 19.1 Å². The van der Waals surface area contributed by atoms with Crippen LogP contribution in [0.3, 0.4) is 0 Å². The first kappa shape index (κ1) is 21.0. The Hall–Kier alpha value is -2.27. The van der Waals surface area contributed by atoms with Crippen LogP contribution in [0.25, 0.3) is 0 Å². The molecule has 6 nitrogen and oxygen atoms in total. The summed E-state index contributed by atoms with van der Waals surface area (Å²) >= 11 is 3.46. The minimum Gasteiger partial charge on any atom is -0.496 e. The number of rotatable bonds is 3. The van der Waals surface area contributed by atoms with E-state index in [4.69, 9.17) is 9.47 Å². The first-order valence-corrected chi connectivity index (χ1v) is 10.9. The SMILES string of the molecule is COc1ccc(Br)c2c1C1(CC2)CC(=O)Oc2cccc(OS(=O)(=O)C(F)(F)F)c21. The Kier molecular flexibility index (Phi) is 4.81. The van der Waals surface area contributed by atoms with Crippen LogP contribution in [0.4, 0.5) is 13.2 Å². The van der Waals surface area contributed by atoms with Crippen molar-refractivity contribution in [1.82, 2.24) is 0 Å². The van der Waals surface area contributed by atoms with Crippen LogP contribution in [0.5, 0.6) is 17.2 Å². The molecule has 0 radical (unpaired) electrons. The second-order valence-electron chi connectivity index (χ2n) is 6.95. The van der Waals surface area contributed by atoms with Crippen molar-refractivity contribution >= 4 is 32.0 Å². The molecule has 30 heavy (non-hydrogen) atoms. The quantitative estimate of drug-likeness (QED) is 0.268. The molecule has 1 aliphatic heterocycles. The Morgan fingerprint density at radius 1 is 1.13 bits per heavy atom. The highest BCUT2D eigenvalue weighted by Crippen LogP contribution is 2.58. The van der Waals surface area contributed by atoms with Gasteiger partial charge in [-0.1, -0.05) is 22.0 Å². The monoisotopic (exact) mass is 506 g/mol. The van der Waals surface area contributed by atoms with Crippen LogP contribution in [-0.2, 0) is 26.7 Å². The molecule has 11 heteroatoms. The number of esters is 1. The predicted molar refractivity (Wildman–Crippen MR) is 102 cm³/mol. The molecule has 160 valence electrons. The largest absolute Gasteiger partial charge is 0.534 e. The van der Waals surface area contributed by atoms with Crippen molar-refractivity contribution < 1.29 is 40.0 Å². The molecular weight excluding hydrogens is 493 g/mol. The second-order valence-corrected chi connectivity index (χ2v) is 9.34. The standard InChI is InChI=1S/C19H14BrF3O6S/c1-27-12-6-5-11(20)10-7-8-18(16(10)12)9-15(24)28-13-3-2-4-14(17(13)18)29-30(25,26)19(21,22)23/h2-6H,7-9H2,1H3. The fourth-order valence-corrected chi connectivity index (χ4v) is 5.22. The fourth-order valence-electron chi connectivity index (χ4n) is 4.23. The lowest BCUT2D eigenvalue weighted by Gasteiger charge is -2.37. The molecule has 0 bridgehead atoms. The zero-order valence-electron chi connectivity index (χ0n) is 15.4. The summed E-state index contributed by atoms with van der Waals surface area (Å²) in [5.74, 6) is -0.740. The average Bonchev–Trinajstić information content (AvgIpc) is 3.01. The number of hydrogen-bond acceptors (Lipinski definition) is 6. The van der Waals surface area contributed by atoms with E-state index in [-0.39, 0.29) is 17.7 Å². The smallest absolute Gasteiger partial charge is 0.496 e. The van der Waals surface area contributed by atoms with Crippen molar-refractivity contribution in [3.05, 3.63) is 51.5 Å². The highest BCUT2D eigenvalue weighted by molar-refractivity contribution is 9.10. The molecule has 0 aromatic heterocycles. The molecule has 0 N–H and O–H groups in total. The first-order chi connectivity index (χ1) is 14.0. The number of alkyl halides is 3. The number of halogens is 4.